The highest BCUT2D eigenvalue weighted by Gasteiger charge is 2.11. The van der Waals surface area contributed by atoms with E-state index in [-0.39, 0.29) is 0 Å². The lowest BCUT2D eigenvalue weighted by molar-refractivity contribution is 0.252. The number of hydrogen-bond acceptors (Lipinski definition) is 3. The highest BCUT2D eigenvalue weighted by molar-refractivity contribution is 7.99. The van der Waals surface area contributed by atoms with Crippen molar-refractivity contribution in [3.05, 3.63) is 24.3 Å². The fourth-order valence-corrected chi connectivity index (χ4v) is 2.54. The van der Waals surface area contributed by atoms with Crippen LogP contribution in [0.3, 0.4) is 0 Å². The molecule has 2 aromatic rings. The largest absolute Gasteiger partial charge is 0.290 e. The lowest BCUT2D eigenvalue weighted by atomic mass is 10.3. The average molecular weight is 217 g/mol. The van der Waals surface area contributed by atoms with Crippen molar-refractivity contribution in [3.8, 4) is 0 Å². The summed E-state index contributed by atoms with van der Waals surface area (Å²) in [6, 6.07) is 7.38. The molecule has 0 saturated carbocycles. The van der Waals surface area contributed by atoms with Crippen LogP contribution < -0.4 is 0 Å². The van der Waals surface area contributed by atoms with Crippen LogP contribution in [-0.2, 0) is 0 Å². The van der Waals surface area contributed by atoms with E-state index in [1.165, 1.54) is 11.5 Å². The van der Waals surface area contributed by atoms with Crippen LogP contribution in [0.25, 0.3) is 10.1 Å². The molecule has 0 bridgehead atoms. The van der Waals surface area contributed by atoms with Gasteiger partial charge >= 0.3 is 0 Å². The molecule has 0 N–H and O–H groups in total. The van der Waals surface area contributed by atoms with Crippen molar-refractivity contribution in [1.29, 1.82) is 0 Å². The first kappa shape index (κ1) is 8.90. The van der Waals surface area contributed by atoms with E-state index in [9.17, 15) is 8.78 Å². The summed E-state index contributed by atoms with van der Waals surface area (Å²) in [7, 11) is 0. The fraction of sp³-hybridized carbons (Fsp3) is 0.125. The molecule has 0 fully saturated rings. The van der Waals surface area contributed by atoms with Gasteiger partial charge in [-0.15, -0.1) is 0 Å². The summed E-state index contributed by atoms with van der Waals surface area (Å²) in [5.41, 5.74) is 0. The second-order valence-corrected chi connectivity index (χ2v) is 4.15. The minimum absolute atomic E-state index is 0.426. The van der Waals surface area contributed by atoms with E-state index in [0.29, 0.717) is 16.8 Å². The Kier molecular flexibility index (Phi) is 2.46. The zero-order valence-electron chi connectivity index (χ0n) is 6.41. The molecule has 5 heteroatoms. The summed E-state index contributed by atoms with van der Waals surface area (Å²) in [6.45, 7) is 0. The van der Waals surface area contributed by atoms with Gasteiger partial charge in [-0.3, -0.25) is 0 Å². The van der Waals surface area contributed by atoms with E-state index in [2.05, 4.69) is 4.37 Å². The van der Waals surface area contributed by atoms with Crippen LogP contribution in [0.4, 0.5) is 8.78 Å². The Balaban J connectivity index is 2.46. The Bertz CT molecular complexity index is 413. The predicted molar refractivity (Wildman–Crippen MR) is 51.5 cm³/mol. The first-order chi connectivity index (χ1) is 6.27. The number of halogens is 2. The highest BCUT2D eigenvalue weighted by Crippen LogP contribution is 2.33. The summed E-state index contributed by atoms with van der Waals surface area (Å²) in [4.78, 5) is 0. The van der Waals surface area contributed by atoms with Gasteiger partial charge in [-0.2, -0.15) is 13.2 Å². The highest BCUT2D eigenvalue weighted by atomic mass is 32.2. The third-order valence-corrected chi connectivity index (χ3v) is 3.20. The molecule has 0 atom stereocenters. The molecule has 0 radical (unpaired) electrons. The molecule has 13 heavy (non-hydrogen) atoms. The van der Waals surface area contributed by atoms with Gasteiger partial charge in [0.05, 0.1) is 4.70 Å². The molecule has 68 valence electrons. The van der Waals surface area contributed by atoms with Gasteiger partial charge in [0.25, 0.3) is 5.76 Å². The van der Waals surface area contributed by atoms with Gasteiger partial charge in [0.1, 0.15) is 5.03 Å². The van der Waals surface area contributed by atoms with Crippen LogP contribution in [0.15, 0.2) is 29.3 Å². The molecule has 0 unspecified atom stereocenters. The number of benzene rings is 1. The molecule has 0 amide bonds. The molecule has 0 aliphatic heterocycles. The molecule has 1 aromatic heterocycles. The van der Waals surface area contributed by atoms with E-state index in [1.807, 2.05) is 24.3 Å². The van der Waals surface area contributed by atoms with Gasteiger partial charge in [0, 0.05) is 5.39 Å². The standard InChI is InChI=1S/C8H5F2NS2/c9-8(10)12-7-5-3-1-2-4-6(5)13-11-7/h1-4,8H. The lowest BCUT2D eigenvalue weighted by Crippen LogP contribution is -1.80. The molecule has 1 nitrogen and oxygen atoms in total. The second kappa shape index (κ2) is 3.59. The lowest BCUT2D eigenvalue weighted by Gasteiger charge is -1.94. The van der Waals surface area contributed by atoms with E-state index in [1.54, 1.807) is 0 Å². The monoisotopic (exact) mass is 217 g/mol. The number of alkyl halides is 2. The summed E-state index contributed by atoms with van der Waals surface area (Å²) in [6.07, 6.45) is 0. The number of thioether (sulfide) groups is 1. The molecule has 0 saturated heterocycles. The molecule has 0 aliphatic rings. The van der Waals surface area contributed by atoms with Crippen molar-refractivity contribution in [2.75, 3.05) is 0 Å². The maximum absolute atomic E-state index is 12.1. The third kappa shape index (κ3) is 1.81. The van der Waals surface area contributed by atoms with Crippen molar-refractivity contribution >= 4 is 33.4 Å². The van der Waals surface area contributed by atoms with Gasteiger partial charge < -0.3 is 0 Å². The minimum Gasteiger partial charge on any atom is -0.198 e. The Morgan fingerprint density at radius 2 is 2.08 bits per heavy atom. The van der Waals surface area contributed by atoms with E-state index in [4.69, 9.17) is 0 Å². The van der Waals surface area contributed by atoms with Gasteiger partial charge in [-0.25, -0.2) is 0 Å². The third-order valence-electron chi connectivity index (χ3n) is 1.55. The van der Waals surface area contributed by atoms with Crippen LogP contribution in [0.5, 0.6) is 0 Å². The SMILES string of the molecule is FC(F)Sc1nsc2ccccc12. The molecule has 2 rings (SSSR count). The van der Waals surface area contributed by atoms with Crippen LogP contribution in [0.2, 0.25) is 0 Å². The van der Waals surface area contributed by atoms with Crippen LogP contribution >= 0.6 is 23.3 Å². The summed E-state index contributed by atoms with van der Waals surface area (Å²) >= 11 is 1.75. The van der Waals surface area contributed by atoms with E-state index in [0.717, 1.165) is 10.1 Å². The van der Waals surface area contributed by atoms with Crippen molar-refractivity contribution in [3.63, 3.8) is 0 Å². The predicted octanol–water partition coefficient (Wildman–Crippen LogP) is 3.61. The molecule has 0 aliphatic carbocycles. The maximum atomic E-state index is 12.1. The number of fused-ring (bicyclic) bond motifs is 1. The molecule has 1 heterocycles. The molecular formula is C8H5F2NS2. The Hall–Kier alpha value is -0.680. The smallest absolute Gasteiger partial charge is 0.198 e. The second-order valence-electron chi connectivity index (χ2n) is 2.36. The summed E-state index contributed by atoms with van der Waals surface area (Å²) in [5, 5.41) is 1.24. The zero-order chi connectivity index (χ0) is 9.26. The molecule has 1 aromatic carbocycles. The Morgan fingerprint density at radius 1 is 1.31 bits per heavy atom. The Labute approximate surface area is 81.9 Å². The van der Waals surface area contributed by atoms with Crippen molar-refractivity contribution in [1.82, 2.24) is 4.37 Å². The normalized spacial score (nSPS) is 11.3. The maximum Gasteiger partial charge on any atom is 0.290 e. The number of rotatable bonds is 2. The van der Waals surface area contributed by atoms with E-state index >= 15 is 0 Å². The van der Waals surface area contributed by atoms with Gasteiger partial charge in [-0.05, 0) is 29.4 Å². The van der Waals surface area contributed by atoms with Gasteiger partial charge in [0.15, 0.2) is 0 Å². The topological polar surface area (TPSA) is 12.9 Å². The van der Waals surface area contributed by atoms with Crippen LogP contribution in [-0.4, -0.2) is 10.1 Å². The van der Waals surface area contributed by atoms with Gasteiger partial charge in [-0.1, -0.05) is 18.2 Å². The zero-order valence-corrected chi connectivity index (χ0v) is 8.04. The molecular weight excluding hydrogens is 212 g/mol. The minimum atomic E-state index is -2.40. The average Bonchev–Trinajstić information content (AvgIpc) is 2.48. The number of hydrogen-bond donors (Lipinski definition) is 0. The number of nitrogens with zero attached hydrogens (tertiary/aromatic N) is 1. The quantitative estimate of drug-likeness (QED) is 0.713. The Morgan fingerprint density at radius 3 is 2.85 bits per heavy atom. The molecule has 0 spiro atoms. The van der Waals surface area contributed by atoms with Crippen molar-refractivity contribution < 1.29 is 8.78 Å². The fourth-order valence-electron chi connectivity index (χ4n) is 1.03. The van der Waals surface area contributed by atoms with Crippen molar-refractivity contribution in [2.24, 2.45) is 0 Å². The summed E-state index contributed by atoms with van der Waals surface area (Å²) in [5.74, 6) is -2.40. The van der Waals surface area contributed by atoms with Crippen LogP contribution in [0.1, 0.15) is 0 Å². The van der Waals surface area contributed by atoms with Gasteiger partial charge in [0.2, 0.25) is 0 Å². The van der Waals surface area contributed by atoms with Crippen LogP contribution in [0, 0.1) is 0 Å². The number of aromatic nitrogens is 1. The first-order valence-electron chi connectivity index (χ1n) is 3.56. The first-order valence-corrected chi connectivity index (χ1v) is 5.22. The van der Waals surface area contributed by atoms with Crippen molar-refractivity contribution in [2.45, 2.75) is 10.8 Å². The summed E-state index contributed by atoms with van der Waals surface area (Å²) < 4.78 is 29.0. The van der Waals surface area contributed by atoms with E-state index < -0.39 is 5.76 Å².